The Labute approximate surface area is 191 Å². The van der Waals surface area contributed by atoms with Gasteiger partial charge in [-0.1, -0.05) is 30.0 Å². The predicted molar refractivity (Wildman–Crippen MR) is 119 cm³/mol. The van der Waals surface area contributed by atoms with E-state index in [2.05, 4.69) is 20.8 Å². The second-order valence-corrected chi connectivity index (χ2v) is 8.47. The fourth-order valence-electron chi connectivity index (χ4n) is 3.22. The van der Waals surface area contributed by atoms with Crippen LogP contribution >= 0.6 is 11.8 Å². The Morgan fingerprint density at radius 3 is 2.55 bits per heavy atom. The molecule has 4 rings (SSSR count). The molecule has 1 unspecified atom stereocenters. The predicted octanol–water partition coefficient (Wildman–Crippen LogP) is 2.86. The number of hydrogen-bond donors (Lipinski definition) is 1. The molecule has 1 amide bonds. The van der Waals surface area contributed by atoms with E-state index >= 15 is 0 Å². The molecule has 33 heavy (non-hydrogen) atoms. The van der Waals surface area contributed by atoms with Crippen molar-refractivity contribution in [2.45, 2.75) is 24.3 Å². The van der Waals surface area contributed by atoms with Crippen LogP contribution in [-0.2, 0) is 11.8 Å². The molecule has 0 aliphatic carbocycles. The minimum atomic E-state index is -1.06. The first-order chi connectivity index (χ1) is 15.8. The molecule has 0 saturated carbocycles. The van der Waals surface area contributed by atoms with Crippen LogP contribution in [0.15, 0.2) is 58.5 Å². The smallest absolute Gasteiger partial charge is 0.297 e. The van der Waals surface area contributed by atoms with Crippen molar-refractivity contribution in [3.8, 4) is 11.4 Å². The van der Waals surface area contributed by atoms with Gasteiger partial charge >= 0.3 is 0 Å². The van der Waals surface area contributed by atoms with E-state index in [4.69, 9.17) is 0 Å². The summed E-state index contributed by atoms with van der Waals surface area (Å²) in [6.07, 6.45) is 0. The van der Waals surface area contributed by atoms with E-state index in [1.165, 1.54) is 15.4 Å². The number of nitrogens with zero attached hydrogens (tertiary/aromatic N) is 6. The summed E-state index contributed by atoms with van der Waals surface area (Å²) >= 11 is 1.02. The Kier molecular flexibility index (Phi) is 6.09. The van der Waals surface area contributed by atoms with Crippen LogP contribution < -0.4 is 10.9 Å². The maximum Gasteiger partial charge on any atom is 0.297 e. The third kappa shape index (κ3) is 4.29. The molecular weight excluding hydrogens is 452 g/mol. The number of carbonyl (C=O) groups is 1. The number of para-hydroxylation sites is 1. The van der Waals surface area contributed by atoms with Gasteiger partial charge in [-0.2, -0.15) is 4.68 Å². The lowest BCUT2D eigenvalue weighted by atomic mass is 10.3. The van der Waals surface area contributed by atoms with Gasteiger partial charge < -0.3 is 5.32 Å². The zero-order chi connectivity index (χ0) is 23.7. The highest BCUT2D eigenvalue weighted by molar-refractivity contribution is 8.00. The van der Waals surface area contributed by atoms with Gasteiger partial charge in [0, 0.05) is 18.8 Å². The number of tetrazole rings is 1. The summed E-state index contributed by atoms with van der Waals surface area (Å²) in [7, 11) is 1.75. The fourth-order valence-corrected chi connectivity index (χ4v) is 4.01. The molecule has 2 aromatic heterocycles. The molecule has 4 aromatic rings. The summed E-state index contributed by atoms with van der Waals surface area (Å²) in [6.45, 7) is 3.38. The molecule has 170 valence electrons. The Bertz CT molecular complexity index is 1380. The Morgan fingerprint density at radius 1 is 1.12 bits per heavy atom. The van der Waals surface area contributed by atoms with E-state index in [1.54, 1.807) is 25.6 Å². The van der Waals surface area contributed by atoms with Gasteiger partial charge in [-0.25, -0.2) is 13.5 Å². The van der Waals surface area contributed by atoms with Gasteiger partial charge in [-0.05, 0) is 48.5 Å². The molecular formula is C21H19F2N7O2S. The highest BCUT2D eigenvalue weighted by Crippen LogP contribution is 2.25. The third-order valence-electron chi connectivity index (χ3n) is 5.02. The maximum atomic E-state index is 13.4. The summed E-state index contributed by atoms with van der Waals surface area (Å²) in [6, 6.07) is 12.2. The highest BCUT2D eigenvalue weighted by atomic mass is 32.2. The van der Waals surface area contributed by atoms with Crippen LogP contribution in [0, 0.1) is 18.6 Å². The lowest BCUT2D eigenvalue weighted by Gasteiger charge is -2.11. The Morgan fingerprint density at radius 2 is 1.85 bits per heavy atom. The molecule has 1 atom stereocenters. The van der Waals surface area contributed by atoms with Crippen molar-refractivity contribution in [3.05, 3.63) is 76.2 Å². The molecule has 0 fully saturated rings. The van der Waals surface area contributed by atoms with E-state index in [0.29, 0.717) is 11.4 Å². The number of amides is 1. The van der Waals surface area contributed by atoms with E-state index in [1.807, 2.05) is 30.3 Å². The number of carbonyl (C=O) groups excluding carboxylic acids is 1. The van der Waals surface area contributed by atoms with Crippen molar-refractivity contribution >= 4 is 23.4 Å². The van der Waals surface area contributed by atoms with Crippen molar-refractivity contribution in [1.82, 2.24) is 29.6 Å². The standard InChI is InChI=1S/C21H19F2N7O2S/c1-12-18(20(32)30(28(12)3)15-7-5-4-6-8-15)29-21(25-26-27-29)33-13(2)19(31)24-14-9-10-16(22)17(23)11-14/h4-11,13H,1-3H3,(H,24,31). The fraction of sp³-hybridized carbons (Fsp3) is 0.190. The number of aromatic nitrogens is 6. The molecule has 2 heterocycles. The first-order valence-corrected chi connectivity index (χ1v) is 10.7. The van der Waals surface area contributed by atoms with Gasteiger partial charge in [0.15, 0.2) is 17.3 Å². The molecule has 1 N–H and O–H groups in total. The van der Waals surface area contributed by atoms with Crippen LogP contribution in [-0.4, -0.2) is 40.7 Å². The lowest BCUT2D eigenvalue weighted by Crippen LogP contribution is -2.24. The van der Waals surface area contributed by atoms with Gasteiger partial charge in [0.1, 0.15) is 0 Å². The van der Waals surface area contributed by atoms with Crippen molar-refractivity contribution in [2.24, 2.45) is 7.05 Å². The molecule has 0 aliphatic heterocycles. The van der Waals surface area contributed by atoms with Gasteiger partial charge in [-0.3, -0.25) is 14.3 Å². The largest absolute Gasteiger partial charge is 0.325 e. The summed E-state index contributed by atoms with van der Waals surface area (Å²) in [4.78, 5) is 25.8. The van der Waals surface area contributed by atoms with Gasteiger partial charge in [0.2, 0.25) is 11.1 Å². The van der Waals surface area contributed by atoms with Crippen molar-refractivity contribution < 1.29 is 13.6 Å². The van der Waals surface area contributed by atoms with E-state index in [9.17, 15) is 18.4 Å². The van der Waals surface area contributed by atoms with Gasteiger partial charge in [0.05, 0.1) is 16.6 Å². The molecule has 12 heteroatoms. The quantitative estimate of drug-likeness (QED) is 0.434. The van der Waals surface area contributed by atoms with Gasteiger partial charge in [0.25, 0.3) is 5.56 Å². The normalized spacial score (nSPS) is 12.0. The van der Waals surface area contributed by atoms with Crippen molar-refractivity contribution in [1.29, 1.82) is 0 Å². The van der Waals surface area contributed by atoms with Crippen LogP contribution in [0.3, 0.4) is 0 Å². The molecule has 2 aromatic carbocycles. The summed E-state index contributed by atoms with van der Waals surface area (Å²) in [5, 5.41) is 13.6. The van der Waals surface area contributed by atoms with Gasteiger partial charge in [-0.15, -0.1) is 5.10 Å². The van der Waals surface area contributed by atoms with Crippen LogP contribution in [0.5, 0.6) is 0 Å². The number of halogens is 2. The Balaban J connectivity index is 1.60. The van der Waals surface area contributed by atoms with E-state index in [0.717, 1.165) is 23.9 Å². The minimum Gasteiger partial charge on any atom is -0.325 e. The summed E-state index contributed by atoms with van der Waals surface area (Å²) in [5.41, 5.74) is 1.35. The molecule has 0 saturated heterocycles. The topological polar surface area (TPSA) is 99.6 Å². The van der Waals surface area contributed by atoms with E-state index in [-0.39, 0.29) is 22.1 Å². The number of nitrogens with one attached hydrogen (secondary N) is 1. The van der Waals surface area contributed by atoms with Crippen LogP contribution in [0.1, 0.15) is 12.6 Å². The monoisotopic (exact) mass is 471 g/mol. The number of hydrogen-bond acceptors (Lipinski definition) is 6. The molecule has 9 nitrogen and oxygen atoms in total. The second-order valence-electron chi connectivity index (χ2n) is 7.16. The van der Waals surface area contributed by atoms with Crippen LogP contribution in [0.2, 0.25) is 0 Å². The lowest BCUT2D eigenvalue weighted by molar-refractivity contribution is -0.115. The summed E-state index contributed by atoms with van der Waals surface area (Å²) in [5.74, 6) is -2.53. The second kappa shape index (κ2) is 8.98. The first-order valence-electron chi connectivity index (χ1n) is 9.83. The molecule has 0 aliphatic rings. The summed E-state index contributed by atoms with van der Waals surface area (Å²) < 4.78 is 31.0. The highest BCUT2D eigenvalue weighted by Gasteiger charge is 2.25. The van der Waals surface area contributed by atoms with Crippen LogP contribution in [0.25, 0.3) is 11.4 Å². The number of thioether (sulfide) groups is 1. The van der Waals surface area contributed by atoms with Crippen molar-refractivity contribution in [3.63, 3.8) is 0 Å². The SMILES string of the molecule is Cc1c(-n2nnnc2SC(C)C(=O)Nc2ccc(F)c(F)c2)c(=O)n(-c2ccccc2)n1C. The average Bonchev–Trinajstić information content (AvgIpc) is 3.32. The zero-order valence-electron chi connectivity index (χ0n) is 17.9. The van der Waals surface area contributed by atoms with Crippen LogP contribution in [0.4, 0.5) is 14.5 Å². The number of benzene rings is 2. The molecule has 0 spiro atoms. The Hall–Kier alpha value is -3.80. The van der Waals surface area contributed by atoms with Crippen molar-refractivity contribution in [2.75, 3.05) is 5.32 Å². The maximum absolute atomic E-state index is 13.4. The minimum absolute atomic E-state index is 0.121. The zero-order valence-corrected chi connectivity index (χ0v) is 18.7. The number of anilines is 1. The first kappa shape index (κ1) is 22.4. The number of rotatable bonds is 6. The molecule has 0 radical (unpaired) electrons. The third-order valence-corrected chi connectivity index (χ3v) is 6.05. The van der Waals surface area contributed by atoms with E-state index < -0.39 is 22.8 Å². The molecule has 0 bridgehead atoms. The average molecular weight is 471 g/mol.